The fourth-order valence-electron chi connectivity index (χ4n) is 1.45. The summed E-state index contributed by atoms with van der Waals surface area (Å²) < 4.78 is 14.9. The summed E-state index contributed by atoms with van der Waals surface area (Å²) >= 11 is 0. The molecule has 0 atom stereocenters. The Balaban J connectivity index is 3.36. The van der Waals surface area contributed by atoms with Crippen LogP contribution in [0.3, 0.4) is 0 Å². The maximum absolute atomic E-state index is 11.5. The third-order valence-corrected chi connectivity index (χ3v) is 2.15. The Morgan fingerprint density at radius 2 is 1.37 bits per heavy atom. The summed E-state index contributed by atoms with van der Waals surface area (Å²) in [6.07, 6.45) is 0. The van der Waals surface area contributed by atoms with Gasteiger partial charge in [-0.25, -0.2) is 0 Å². The van der Waals surface area contributed by atoms with Gasteiger partial charge in [0.05, 0.1) is 12.7 Å². The van der Waals surface area contributed by atoms with Crippen molar-refractivity contribution in [1.29, 1.82) is 0 Å². The van der Waals surface area contributed by atoms with Gasteiger partial charge in [-0.1, -0.05) is 0 Å². The van der Waals surface area contributed by atoms with Gasteiger partial charge in [-0.15, -0.1) is 0 Å². The first kappa shape index (κ1) is 14.7. The van der Waals surface area contributed by atoms with E-state index in [1.54, 1.807) is 0 Å². The van der Waals surface area contributed by atoms with Crippen LogP contribution in [0.15, 0.2) is 12.1 Å². The Bertz CT molecular complexity index is 532. The number of hydrogen-bond donors (Lipinski definition) is 0. The lowest BCUT2D eigenvalue weighted by Crippen LogP contribution is -2.09. The average Bonchev–Trinajstić information content (AvgIpc) is 2.28. The lowest BCUT2D eigenvalue weighted by atomic mass is 10.1. The maximum Gasteiger partial charge on any atom is 0.308 e. The van der Waals surface area contributed by atoms with E-state index in [2.05, 4.69) is 0 Å². The molecule has 0 aliphatic rings. The highest BCUT2D eigenvalue weighted by atomic mass is 16.6. The molecule has 1 rings (SSSR count). The largest absolute Gasteiger partial charge is 0.493 e. The number of ether oxygens (including phenoxy) is 3. The molecule has 1 aromatic carbocycles. The molecule has 0 unspecified atom stereocenters. The topological polar surface area (TPSA) is 78.9 Å². The smallest absolute Gasteiger partial charge is 0.308 e. The monoisotopic (exact) mass is 266 g/mol. The molecule has 0 radical (unpaired) electrons. The standard InChI is InChI=1S/C13H14O6/c1-7(14)10-5-13(19-9(3)16)12(17-4)6-11(10)18-8(2)15/h5-6H,1-4H3. The van der Waals surface area contributed by atoms with Gasteiger partial charge in [0.1, 0.15) is 5.75 Å². The number of hydrogen-bond acceptors (Lipinski definition) is 6. The van der Waals surface area contributed by atoms with Crippen LogP contribution in [0.5, 0.6) is 17.2 Å². The van der Waals surface area contributed by atoms with E-state index in [1.807, 2.05) is 0 Å². The van der Waals surface area contributed by atoms with Crippen LogP contribution in [0, 0.1) is 0 Å². The Kier molecular flexibility index (Phi) is 4.63. The SMILES string of the molecule is COc1cc(OC(C)=O)c(C(C)=O)cc1OC(C)=O. The van der Waals surface area contributed by atoms with Crippen LogP contribution in [-0.4, -0.2) is 24.8 Å². The van der Waals surface area contributed by atoms with Crippen LogP contribution in [0.25, 0.3) is 0 Å². The molecule has 19 heavy (non-hydrogen) atoms. The molecule has 6 nitrogen and oxygen atoms in total. The predicted molar refractivity (Wildman–Crippen MR) is 65.6 cm³/mol. The summed E-state index contributed by atoms with van der Waals surface area (Å²) in [5.74, 6) is -1.09. The first-order valence-electron chi connectivity index (χ1n) is 5.45. The minimum atomic E-state index is -0.565. The summed E-state index contributed by atoms with van der Waals surface area (Å²) in [7, 11) is 1.37. The van der Waals surface area contributed by atoms with Crippen LogP contribution in [-0.2, 0) is 9.59 Å². The zero-order valence-electron chi connectivity index (χ0n) is 11.1. The van der Waals surface area contributed by atoms with Crippen molar-refractivity contribution in [3.05, 3.63) is 17.7 Å². The minimum Gasteiger partial charge on any atom is -0.493 e. The van der Waals surface area contributed by atoms with Crippen molar-refractivity contribution in [2.75, 3.05) is 7.11 Å². The molecule has 0 saturated heterocycles. The molecule has 0 amide bonds. The number of benzene rings is 1. The second-order valence-electron chi connectivity index (χ2n) is 3.74. The molecular weight excluding hydrogens is 252 g/mol. The third-order valence-electron chi connectivity index (χ3n) is 2.15. The molecule has 0 N–H and O–H groups in total. The molecule has 102 valence electrons. The average molecular weight is 266 g/mol. The fraction of sp³-hybridized carbons (Fsp3) is 0.308. The van der Waals surface area contributed by atoms with Crippen LogP contribution < -0.4 is 14.2 Å². The zero-order chi connectivity index (χ0) is 14.6. The summed E-state index contributed by atoms with van der Waals surface area (Å²) in [5.41, 5.74) is 0.132. The maximum atomic E-state index is 11.5. The lowest BCUT2D eigenvalue weighted by molar-refractivity contribution is -0.133. The van der Waals surface area contributed by atoms with Gasteiger partial charge in [0.25, 0.3) is 0 Å². The third kappa shape index (κ3) is 3.80. The molecule has 0 aliphatic heterocycles. The van der Waals surface area contributed by atoms with Crippen molar-refractivity contribution in [2.24, 2.45) is 0 Å². The highest BCUT2D eigenvalue weighted by Gasteiger charge is 2.18. The number of carbonyl (C=O) groups is 3. The normalized spacial score (nSPS) is 9.68. The molecule has 0 fully saturated rings. The summed E-state index contributed by atoms with van der Waals surface area (Å²) in [6.45, 7) is 3.76. The molecule has 0 aliphatic carbocycles. The van der Waals surface area contributed by atoms with Gasteiger partial charge < -0.3 is 14.2 Å². The van der Waals surface area contributed by atoms with Crippen molar-refractivity contribution >= 4 is 17.7 Å². The van der Waals surface area contributed by atoms with E-state index in [1.165, 1.54) is 40.0 Å². The van der Waals surface area contributed by atoms with Gasteiger partial charge in [0, 0.05) is 19.9 Å². The van der Waals surface area contributed by atoms with Crippen LogP contribution in [0.2, 0.25) is 0 Å². The molecule has 0 saturated carbocycles. The number of rotatable bonds is 4. The van der Waals surface area contributed by atoms with Gasteiger partial charge in [0.15, 0.2) is 17.3 Å². The predicted octanol–water partition coefficient (Wildman–Crippen LogP) is 1.75. The first-order chi connectivity index (χ1) is 8.85. The van der Waals surface area contributed by atoms with Crippen molar-refractivity contribution < 1.29 is 28.6 Å². The Morgan fingerprint density at radius 3 is 1.79 bits per heavy atom. The van der Waals surface area contributed by atoms with E-state index < -0.39 is 11.9 Å². The first-order valence-corrected chi connectivity index (χ1v) is 5.45. The number of esters is 2. The van der Waals surface area contributed by atoms with Gasteiger partial charge >= 0.3 is 11.9 Å². The van der Waals surface area contributed by atoms with Gasteiger partial charge in [-0.2, -0.15) is 0 Å². The molecule has 0 heterocycles. The number of ketones is 1. The highest BCUT2D eigenvalue weighted by Crippen LogP contribution is 2.35. The van der Waals surface area contributed by atoms with Gasteiger partial charge in [-0.3, -0.25) is 14.4 Å². The quantitative estimate of drug-likeness (QED) is 0.469. The summed E-state index contributed by atoms with van der Waals surface area (Å²) in [4.78, 5) is 33.5. The van der Waals surface area contributed by atoms with Crippen molar-refractivity contribution in [2.45, 2.75) is 20.8 Å². The zero-order valence-corrected chi connectivity index (χ0v) is 11.1. The number of methoxy groups -OCH3 is 1. The van der Waals surface area contributed by atoms with Gasteiger partial charge in [0.2, 0.25) is 0 Å². The van der Waals surface area contributed by atoms with Crippen LogP contribution >= 0.6 is 0 Å². The minimum absolute atomic E-state index is 0.0627. The van der Waals surface area contributed by atoms with E-state index in [0.29, 0.717) is 0 Å². The van der Waals surface area contributed by atoms with E-state index in [4.69, 9.17) is 14.2 Å². The van der Waals surface area contributed by atoms with Crippen LogP contribution in [0.4, 0.5) is 0 Å². The Hall–Kier alpha value is -2.37. The second kappa shape index (κ2) is 5.99. The Morgan fingerprint density at radius 1 is 0.842 bits per heavy atom. The van der Waals surface area contributed by atoms with E-state index >= 15 is 0 Å². The fourth-order valence-corrected chi connectivity index (χ4v) is 1.45. The van der Waals surface area contributed by atoms with E-state index in [-0.39, 0.29) is 28.6 Å². The Labute approximate surface area is 110 Å². The van der Waals surface area contributed by atoms with E-state index in [0.717, 1.165) is 0 Å². The van der Waals surface area contributed by atoms with E-state index in [9.17, 15) is 14.4 Å². The molecular formula is C13H14O6. The summed E-state index contributed by atoms with van der Waals surface area (Å²) in [5, 5.41) is 0. The number of carbonyl (C=O) groups excluding carboxylic acids is 3. The molecule has 6 heteroatoms. The molecule has 0 spiro atoms. The summed E-state index contributed by atoms with van der Waals surface area (Å²) in [6, 6.07) is 2.64. The highest BCUT2D eigenvalue weighted by molar-refractivity contribution is 5.98. The van der Waals surface area contributed by atoms with Crippen LogP contribution in [0.1, 0.15) is 31.1 Å². The lowest BCUT2D eigenvalue weighted by Gasteiger charge is -2.13. The van der Waals surface area contributed by atoms with Crippen molar-refractivity contribution in [1.82, 2.24) is 0 Å². The van der Waals surface area contributed by atoms with Crippen molar-refractivity contribution in [3.8, 4) is 17.2 Å². The molecule has 0 bridgehead atoms. The van der Waals surface area contributed by atoms with Gasteiger partial charge in [-0.05, 0) is 13.0 Å². The van der Waals surface area contributed by atoms with Crippen molar-refractivity contribution in [3.63, 3.8) is 0 Å². The number of Topliss-reactive ketones (excluding diaryl/α,β-unsaturated/α-hetero) is 1. The second-order valence-corrected chi connectivity index (χ2v) is 3.74. The molecule has 1 aromatic rings. The molecule has 0 aromatic heterocycles.